The van der Waals surface area contributed by atoms with Gasteiger partial charge in [-0.15, -0.1) is 0 Å². The standard InChI is InChI=1S/C26H23F2IO7S/c1-25(11-10-14(29)12-25)36-24(31)22-20-17-8-4-2-6-15(17)19(16-7-3-5-9-18(16)20)21(22)23(30)35-13-26(27,28)37(32,33)34/h2-9,12,19-22H,10-11,13H2,1H3,(H,32,33,34). The normalized spacial score (nSPS) is 28.2. The topological polar surface area (TPSA) is 107 Å². The van der Waals surface area contributed by atoms with Gasteiger partial charge in [0.05, 0.1) is 11.8 Å². The summed E-state index contributed by atoms with van der Waals surface area (Å²) in [7, 11) is -5.80. The Kier molecular flexibility index (Phi) is 6.47. The highest BCUT2D eigenvalue weighted by atomic mass is 127. The van der Waals surface area contributed by atoms with E-state index >= 15 is 0 Å². The SMILES string of the molecule is CC1(OC(=O)C2C3c4ccccc4C(c4ccccc43)C2C(=O)OCC(F)(F)S(=O)(=O)O)C=C(I)CC1. The van der Waals surface area contributed by atoms with E-state index in [4.69, 9.17) is 14.0 Å². The number of esters is 2. The van der Waals surface area contributed by atoms with Crippen molar-refractivity contribution >= 4 is 44.6 Å². The molecule has 0 amide bonds. The second-order valence-corrected chi connectivity index (χ2v) is 12.7. The van der Waals surface area contributed by atoms with Crippen molar-refractivity contribution in [3.63, 3.8) is 0 Å². The Morgan fingerprint density at radius 2 is 1.46 bits per heavy atom. The van der Waals surface area contributed by atoms with Crippen LogP contribution in [0.2, 0.25) is 0 Å². The fourth-order valence-electron chi connectivity index (χ4n) is 5.79. The first-order chi connectivity index (χ1) is 17.3. The molecular weight excluding hydrogens is 621 g/mol. The summed E-state index contributed by atoms with van der Waals surface area (Å²) >= 11 is 2.17. The molecule has 2 aromatic carbocycles. The van der Waals surface area contributed by atoms with Crippen LogP contribution in [0.4, 0.5) is 8.78 Å². The first-order valence-electron chi connectivity index (χ1n) is 11.6. The number of benzene rings is 2. The molecule has 2 aromatic rings. The van der Waals surface area contributed by atoms with Gasteiger partial charge in [-0.2, -0.15) is 17.2 Å². The molecule has 0 saturated carbocycles. The van der Waals surface area contributed by atoms with E-state index in [1.807, 2.05) is 42.5 Å². The van der Waals surface area contributed by atoms with Crippen LogP contribution in [0.3, 0.4) is 0 Å². The summed E-state index contributed by atoms with van der Waals surface area (Å²) in [4.78, 5) is 27.2. The van der Waals surface area contributed by atoms with Crippen LogP contribution < -0.4 is 0 Å². The number of hydrogen-bond donors (Lipinski definition) is 1. The van der Waals surface area contributed by atoms with Crippen LogP contribution in [0.5, 0.6) is 0 Å². The van der Waals surface area contributed by atoms with Crippen LogP contribution in [-0.2, 0) is 29.2 Å². The van der Waals surface area contributed by atoms with Crippen LogP contribution in [-0.4, -0.2) is 42.4 Å². The quantitative estimate of drug-likeness (QED) is 0.270. The van der Waals surface area contributed by atoms with Crippen molar-refractivity contribution in [2.45, 2.75) is 42.5 Å². The Morgan fingerprint density at radius 1 is 1.00 bits per heavy atom. The third kappa shape index (κ3) is 4.48. The van der Waals surface area contributed by atoms with Gasteiger partial charge in [0.1, 0.15) is 5.60 Å². The molecule has 4 aliphatic carbocycles. The third-order valence-corrected chi connectivity index (χ3v) is 9.12. The Labute approximate surface area is 226 Å². The summed E-state index contributed by atoms with van der Waals surface area (Å²) in [5.41, 5.74) is 2.32. The molecule has 0 saturated heterocycles. The molecule has 0 fully saturated rings. The summed E-state index contributed by atoms with van der Waals surface area (Å²) in [6, 6.07) is 14.6. The fraction of sp³-hybridized carbons (Fsp3) is 0.385. The maximum atomic E-state index is 13.9. The summed E-state index contributed by atoms with van der Waals surface area (Å²) < 4.78 is 70.6. The zero-order valence-corrected chi connectivity index (χ0v) is 22.5. The molecule has 196 valence electrons. The lowest BCUT2D eigenvalue weighted by molar-refractivity contribution is -0.172. The molecule has 7 nitrogen and oxygen atoms in total. The highest BCUT2D eigenvalue weighted by Gasteiger charge is 2.58. The first-order valence-corrected chi connectivity index (χ1v) is 14.1. The van der Waals surface area contributed by atoms with Gasteiger partial charge < -0.3 is 9.47 Å². The summed E-state index contributed by atoms with van der Waals surface area (Å²) in [5, 5.41) is -4.69. The lowest BCUT2D eigenvalue weighted by atomic mass is 9.54. The molecule has 3 atom stereocenters. The van der Waals surface area contributed by atoms with Crippen LogP contribution in [0.1, 0.15) is 53.9 Å². The van der Waals surface area contributed by atoms with Crippen molar-refractivity contribution < 1.29 is 40.8 Å². The van der Waals surface area contributed by atoms with Gasteiger partial charge >= 0.3 is 27.3 Å². The number of hydrogen-bond acceptors (Lipinski definition) is 6. The van der Waals surface area contributed by atoms with E-state index in [1.165, 1.54) is 0 Å². The monoisotopic (exact) mass is 644 g/mol. The molecular formula is C26H23F2IO7S. The maximum absolute atomic E-state index is 13.9. The molecule has 37 heavy (non-hydrogen) atoms. The summed E-state index contributed by atoms with van der Waals surface area (Å²) in [5.74, 6) is -5.46. The molecule has 6 rings (SSSR count). The van der Waals surface area contributed by atoms with Crippen LogP contribution in [0.15, 0.2) is 58.2 Å². The highest BCUT2D eigenvalue weighted by molar-refractivity contribution is 14.1. The third-order valence-electron chi connectivity index (χ3n) is 7.40. The van der Waals surface area contributed by atoms with Gasteiger partial charge in [-0.05, 0) is 74.3 Å². The van der Waals surface area contributed by atoms with Crippen molar-refractivity contribution in [2.75, 3.05) is 6.61 Å². The zero-order valence-electron chi connectivity index (χ0n) is 19.6. The van der Waals surface area contributed by atoms with E-state index in [1.54, 1.807) is 19.1 Å². The van der Waals surface area contributed by atoms with E-state index in [9.17, 15) is 26.8 Å². The molecule has 11 heteroatoms. The minimum Gasteiger partial charge on any atom is -0.458 e. The number of allylic oxidation sites excluding steroid dienone is 1. The van der Waals surface area contributed by atoms with Crippen LogP contribution in [0.25, 0.3) is 0 Å². The van der Waals surface area contributed by atoms with E-state index in [2.05, 4.69) is 22.6 Å². The Balaban J connectivity index is 1.58. The number of halogens is 3. The van der Waals surface area contributed by atoms with Crippen molar-refractivity contribution in [1.82, 2.24) is 0 Å². The highest BCUT2D eigenvalue weighted by Crippen LogP contribution is 2.59. The molecule has 2 bridgehead atoms. The Morgan fingerprint density at radius 3 is 1.86 bits per heavy atom. The number of rotatable bonds is 6. The number of carbonyl (C=O) groups excluding carboxylic acids is 2. The Hall–Kier alpha value is -2.38. The Bertz CT molecular complexity index is 1380. The van der Waals surface area contributed by atoms with Crippen molar-refractivity contribution in [1.29, 1.82) is 0 Å². The average Bonchev–Trinajstić information content (AvgIpc) is 3.18. The largest absolute Gasteiger partial charge is 0.458 e. The van der Waals surface area contributed by atoms with Gasteiger partial charge in [0.15, 0.2) is 6.61 Å². The summed E-state index contributed by atoms with van der Waals surface area (Å²) in [6.07, 6.45) is 3.16. The van der Waals surface area contributed by atoms with Crippen LogP contribution in [0, 0.1) is 11.8 Å². The van der Waals surface area contributed by atoms with Crippen molar-refractivity contribution in [3.8, 4) is 0 Å². The second-order valence-electron chi connectivity index (χ2n) is 9.81. The minimum atomic E-state index is -5.80. The summed E-state index contributed by atoms with van der Waals surface area (Å²) in [6.45, 7) is -0.0954. The van der Waals surface area contributed by atoms with Crippen molar-refractivity contribution in [2.24, 2.45) is 11.8 Å². The fourth-order valence-corrected chi connectivity index (χ4v) is 6.93. The average molecular weight is 644 g/mol. The number of ether oxygens (including phenoxy) is 2. The molecule has 0 radical (unpaired) electrons. The van der Waals surface area contributed by atoms with E-state index in [-0.39, 0.29) is 0 Å². The number of alkyl halides is 2. The van der Waals surface area contributed by atoms with Gasteiger partial charge in [-0.3, -0.25) is 14.1 Å². The van der Waals surface area contributed by atoms with Gasteiger partial charge in [-0.25, -0.2) is 0 Å². The molecule has 3 unspecified atom stereocenters. The van der Waals surface area contributed by atoms with Crippen molar-refractivity contribution in [3.05, 3.63) is 80.4 Å². The van der Waals surface area contributed by atoms with Crippen LogP contribution >= 0.6 is 22.6 Å². The lowest BCUT2D eigenvalue weighted by Gasteiger charge is -2.48. The second kappa shape index (κ2) is 9.12. The molecule has 1 N–H and O–H groups in total. The molecule has 0 aliphatic heterocycles. The molecule has 0 heterocycles. The minimum absolute atomic E-state index is 0.570. The predicted octanol–water partition coefficient (Wildman–Crippen LogP) is 4.95. The number of fused-ring (bicyclic) bond motifs is 1. The van der Waals surface area contributed by atoms with Gasteiger partial charge in [-0.1, -0.05) is 48.5 Å². The van der Waals surface area contributed by atoms with E-state index in [0.717, 1.165) is 32.3 Å². The smallest absolute Gasteiger partial charge is 0.402 e. The van der Waals surface area contributed by atoms with Gasteiger partial charge in [0, 0.05) is 11.8 Å². The van der Waals surface area contributed by atoms with E-state index < -0.39 is 63.2 Å². The molecule has 0 aromatic heterocycles. The number of carbonyl (C=O) groups is 2. The van der Waals surface area contributed by atoms with E-state index in [0.29, 0.717) is 6.42 Å². The zero-order chi connectivity index (χ0) is 26.8. The van der Waals surface area contributed by atoms with Gasteiger partial charge in [0.2, 0.25) is 0 Å². The van der Waals surface area contributed by atoms with Gasteiger partial charge in [0.25, 0.3) is 0 Å². The first kappa shape index (κ1) is 26.2. The molecule has 0 spiro atoms. The molecule has 4 aliphatic rings. The maximum Gasteiger partial charge on any atom is 0.402 e. The predicted molar refractivity (Wildman–Crippen MR) is 137 cm³/mol. The lowest BCUT2D eigenvalue weighted by Crippen LogP contribution is -2.50.